The number of rotatable bonds is 6. The van der Waals surface area contributed by atoms with Crippen molar-refractivity contribution in [3.8, 4) is 0 Å². The molecule has 0 saturated carbocycles. The molecule has 3 heterocycles. The van der Waals surface area contributed by atoms with Crippen LogP contribution < -0.4 is 4.72 Å². The number of carbonyl (C=O) groups excluding carboxylic acids is 1. The molecule has 10 heteroatoms. The van der Waals surface area contributed by atoms with Gasteiger partial charge in [0.15, 0.2) is 5.17 Å². The Hall–Kier alpha value is -3.37. The zero-order valence-electron chi connectivity index (χ0n) is 20.0. The number of amidine groups is 1. The van der Waals surface area contributed by atoms with E-state index in [4.69, 9.17) is 4.74 Å². The number of nitrogens with zero attached hydrogens (tertiary/aromatic N) is 3. The van der Waals surface area contributed by atoms with Crippen LogP contribution in [0.3, 0.4) is 0 Å². The average Bonchev–Trinajstić information content (AvgIpc) is 2.88. The monoisotopic (exact) mass is 522 g/mol. The minimum absolute atomic E-state index is 0.117. The van der Waals surface area contributed by atoms with Gasteiger partial charge in [-0.3, -0.25) is 9.71 Å². The first-order valence-electron chi connectivity index (χ1n) is 11.7. The van der Waals surface area contributed by atoms with E-state index in [0.717, 1.165) is 34.8 Å². The number of carbonyl (C=O) groups is 1. The predicted molar refractivity (Wildman–Crippen MR) is 142 cm³/mol. The van der Waals surface area contributed by atoms with Crippen LogP contribution in [0, 0.1) is 0 Å². The molecule has 1 unspecified atom stereocenters. The van der Waals surface area contributed by atoms with Gasteiger partial charge < -0.3 is 9.64 Å². The molecule has 0 aliphatic carbocycles. The number of hydrogen-bond acceptors (Lipinski definition) is 8. The van der Waals surface area contributed by atoms with Crippen molar-refractivity contribution in [2.75, 3.05) is 23.6 Å². The van der Waals surface area contributed by atoms with Gasteiger partial charge in [-0.15, -0.1) is 0 Å². The van der Waals surface area contributed by atoms with Crippen LogP contribution in [0.1, 0.15) is 31.9 Å². The van der Waals surface area contributed by atoms with Crippen molar-refractivity contribution in [1.29, 1.82) is 0 Å². The van der Waals surface area contributed by atoms with Gasteiger partial charge >= 0.3 is 5.97 Å². The molecule has 2 aliphatic rings. The Labute approximate surface area is 214 Å². The van der Waals surface area contributed by atoms with Crippen LogP contribution in [0.2, 0.25) is 0 Å². The van der Waals surface area contributed by atoms with E-state index in [9.17, 15) is 13.2 Å². The maximum atomic E-state index is 13.2. The number of hydrogen-bond donors (Lipinski definition) is 1. The van der Waals surface area contributed by atoms with Crippen molar-refractivity contribution < 1.29 is 17.9 Å². The molecule has 1 N–H and O–H groups in total. The fourth-order valence-electron chi connectivity index (χ4n) is 4.52. The van der Waals surface area contributed by atoms with E-state index in [1.54, 1.807) is 55.2 Å². The predicted octanol–water partition coefficient (Wildman–Crippen LogP) is 4.72. The number of aromatic nitrogens is 1. The summed E-state index contributed by atoms with van der Waals surface area (Å²) < 4.78 is 34.4. The summed E-state index contributed by atoms with van der Waals surface area (Å²) in [5.74, 6) is 0.597. The van der Waals surface area contributed by atoms with Crippen molar-refractivity contribution in [2.45, 2.75) is 31.2 Å². The van der Waals surface area contributed by atoms with Crippen LogP contribution in [0.4, 0.5) is 5.69 Å². The lowest BCUT2D eigenvalue weighted by molar-refractivity contribution is -0.139. The fourth-order valence-corrected chi connectivity index (χ4v) is 6.78. The number of pyridine rings is 1. The Bertz CT molecular complexity index is 1480. The molecule has 3 aromatic rings. The summed E-state index contributed by atoms with van der Waals surface area (Å²) in [5.41, 5.74) is 2.86. The number of fused-ring (bicyclic) bond motifs is 2. The minimum atomic E-state index is -3.87. The summed E-state index contributed by atoms with van der Waals surface area (Å²) in [6.45, 7) is 4.66. The Morgan fingerprint density at radius 2 is 1.94 bits per heavy atom. The minimum Gasteiger partial charge on any atom is -0.463 e. The van der Waals surface area contributed by atoms with Gasteiger partial charge in [0.2, 0.25) is 0 Å². The Morgan fingerprint density at radius 1 is 1.17 bits per heavy atom. The van der Waals surface area contributed by atoms with Gasteiger partial charge in [-0.2, -0.15) is 0 Å². The average molecular weight is 523 g/mol. The second kappa shape index (κ2) is 9.94. The van der Waals surface area contributed by atoms with E-state index in [-0.39, 0.29) is 23.5 Å². The summed E-state index contributed by atoms with van der Waals surface area (Å²) >= 11 is 1.68. The smallest absolute Gasteiger partial charge is 0.338 e. The first kappa shape index (κ1) is 24.3. The SMILES string of the molecule is CCOC(=O)C1=C(C)N=C2SCCCN2C1c1ccc(NS(=O)(=O)c2cccc3cccnc23)cc1. The third-order valence-electron chi connectivity index (χ3n) is 6.12. The van der Waals surface area contributed by atoms with Gasteiger partial charge in [0, 0.05) is 29.6 Å². The second-order valence-electron chi connectivity index (χ2n) is 8.47. The van der Waals surface area contributed by atoms with Crippen LogP contribution in [0.15, 0.2) is 82.0 Å². The van der Waals surface area contributed by atoms with E-state index < -0.39 is 10.0 Å². The van der Waals surface area contributed by atoms with E-state index in [2.05, 4.69) is 19.6 Å². The third-order valence-corrected chi connectivity index (χ3v) is 8.61. The molecule has 1 atom stereocenters. The standard InChI is InChI=1S/C26H26N4O4S2/c1-3-34-25(31)22-17(2)28-26-30(15-6-16-35-26)24(22)19-10-12-20(13-11-19)29-36(32,33)21-9-4-7-18-8-5-14-27-23(18)21/h4-5,7-14,24,29H,3,6,15-16H2,1-2H3. The zero-order valence-corrected chi connectivity index (χ0v) is 21.6. The van der Waals surface area contributed by atoms with Crippen LogP contribution in [0.25, 0.3) is 10.9 Å². The van der Waals surface area contributed by atoms with Crippen LogP contribution in [0.5, 0.6) is 0 Å². The summed E-state index contributed by atoms with van der Waals surface area (Å²) in [7, 11) is -3.87. The summed E-state index contributed by atoms with van der Waals surface area (Å²) in [6, 6.07) is 15.4. The summed E-state index contributed by atoms with van der Waals surface area (Å²) in [4.78, 5) is 24.1. The number of allylic oxidation sites excluding steroid dienone is 1. The molecule has 186 valence electrons. The quantitative estimate of drug-likeness (QED) is 0.468. The normalized spacial score (nSPS) is 18.0. The molecule has 2 aliphatic heterocycles. The number of nitrogens with one attached hydrogen (secondary N) is 1. The largest absolute Gasteiger partial charge is 0.463 e. The van der Waals surface area contributed by atoms with Gasteiger partial charge in [0.05, 0.1) is 29.4 Å². The van der Waals surface area contributed by atoms with Gasteiger partial charge in [-0.05, 0) is 50.1 Å². The molecule has 2 aromatic carbocycles. The highest BCUT2D eigenvalue weighted by molar-refractivity contribution is 8.13. The highest BCUT2D eigenvalue weighted by Gasteiger charge is 2.37. The maximum Gasteiger partial charge on any atom is 0.338 e. The van der Waals surface area contributed by atoms with Gasteiger partial charge in [0.25, 0.3) is 10.0 Å². The van der Waals surface area contributed by atoms with Crippen molar-refractivity contribution in [1.82, 2.24) is 9.88 Å². The van der Waals surface area contributed by atoms with Crippen molar-refractivity contribution in [2.24, 2.45) is 4.99 Å². The molecule has 1 fully saturated rings. The van der Waals surface area contributed by atoms with Gasteiger partial charge in [-0.1, -0.05) is 42.1 Å². The highest BCUT2D eigenvalue weighted by Crippen LogP contribution is 2.40. The molecule has 0 spiro atoms. The first-order valence-corrected chi connectivity index (χ1v) is 14.2. The number of benzene rings is 2. The molecule has 0 radical (unpaired) electrons. The molecule has 0 amide bonds. The number of aliphatic imine (C=N–C) groups is 1. The molecule has 1 aromatic heterocycles. The lowest BCUT2D eigenvalue weighted by atomic mass is 9.94. The zero-order chi connectivity index (χ0) is 25.3. The number of thioether (sulfide) groups is 1. The maximum absolute atomic E-state index is 13.2. The van der Waals surface area contributed by atoms with Crippen LogP contribution >= 0.6 is 11.8 Å². The number of para-hydroxylation sites is 1. The van der Waals surface area contributed by atoms with E-state index in [1.807, 2.05) is 31.2 Å². The molecule has 1 saturated heterocycles. The van der Waals surface area contributed by atoms with E-state index in [1.165, 1.54) is 0 Å². The summed E-state index contributed by atoms with van der Waals surface area (Å²) in [5, 5.41) is 1.64. The Morgan fingerprint density at radius 3 is 2.72 bits per heavy atom. The molecule has 36 heavy (non-hydrogen) atoms. The van der Waals surface area contributed by atoms with Crippen LogP contribution in [-0.4, -0.2) is 48.3 Å². The van der Waals surface area contributed by atoms with Crippen LogP contribution in [-0.2, 0) is 19.6 Å². The number of anilines is 1. The Kier molecular flexibility index (Phi) is 6.72. The summed E-state index contributed by atoms with van der Waals surface area (Å²) in [6.07, 6.45) is 2.56. The van der Waals surface area contributed by atoms with E-state index in [0.29, 0.717) is 22.5 Å². The number of ether oxygens (including phenoxy) is 1. The second-order valence-corrected chi connectivity index (χ2v) is 11.2. The number of sulfonamides is 1. The first-order chi connectivity index (χ1) is 17.4. The molecule has 0 bridgehead atoms. The van der Waals surface area contributed by atoms with Gasteiger partial charge in [-0.25, -0.2) is 18.2 Å². The lowest BCUT2D eigenvalue weighted by Gasteiger charge is -2.40. The fraction of sp³-hybridized carbons (Fsp3) is 0.269. The molecule has 5 rings (SSSR count). The van der Waals surface area contributed by atoms with Crippen molar-refractivity contribution >= 4 is 49.5 Å². The Balaban J connectivity index is 1.47. The molecular formula is C26H26N4O4S2. The van der Waals surface area contributed by atoms with Crippen molar-refractivity contribution in [3.63, 3.8) is 0 Å². The van der Waals surface area contributed by atoms with Crippen molar-refractivity contribution in [3.05, 3.63) is 77.6 Å². The number of esters is 1. The molecule has 8 nitrogen and oxygen atoms in total. The highest BCUT2D eigenvalue weighted by atomic mass is 32.2. The third kappa shape index (κ3) is 4.58. The topological polar surface area (TPSA) is 101 Å². The van der Waals surface area contributed by atoms with E-state index >= 15 is 0 Å². The van der Waals surface area contributed by atoms with Gasteiger partial charge in [0.1, 0.15) is 4.90 Å². The lowest BCUT2D eigenvalue weighted by Crippen LogP contribution is -2.42. The molecular weight excluding hydrogens is 496 g/mol.